The van der Waals surface area contributed by atoms with Crippen molar-refractivity contribution in [2.75, 3.05) is 0 Å². The van der Waals surface area contributed by atoms with Crippen LogP contribution in [-0.2, 0) is 0 Å². The average molecular weight is 247 g/mol. The van der Waals surface area contributed by atoms with E-state index in [-0.39, 0.29) is 0 Å². The van der Waals surface area contributed by atoms with E-state index in [0.29, 0.717) is 0 Å². The lowest BCUT2D eigenvalue weighted by atomic mass is 10.1. The summed E-state index contributed by atoms with van der Waals surface area (Å²) in [5.41, 5.74) is 4.20. The second-order valence-electron chi connectivity index (χ2n) is 4.22. The molecule has 0 aliphatic rings. The summed E-state index contributed by atoms with van der Waals surface area (Å²) in [6, 6.07) is 14.3. The molecule has 0 amide bonds. The van der Waals surface area contributed by atoms with E-state index in [0.717, 1.165) is 16.9 Å². The van der Waals surface area contributed by atoms with E-state index in [4.69, 9.17) is 5.41 Å². The SMILES string of the molecule is N=C/C=C/c1cnc2ccc(-c3ccccc3)cn12. The van der Waals surface area contributed by atoms with Crippen LogP contribution in [0.2, 0.25) is 0 Å². The normalized spacial score (nSPS) is 11.2. The van der Waals surface area contributed by atoms with Crippen LogP contribution in [0, 0.1) is 5.41 Å². The largest absolute Gasteiger partial charge is 0.309 e. The topological polar surface area (TPSA) is 41.2 Å². The summed E-state index contributed by atoms with van der Waals surface area (Å²) in [4.78, 5) is 4.34. The fourth-order valence-electron chi connectivity index (χ4n) is 2.07. The molecule has 3 nitrogen and oxygen atoms in total. The molecule has 0 aliphatic heterocycles. The zero-order valence-electron chi connectivity index (χ0n) is 10.3. The summed E-state index contributed by atoms with van der Waals surface area (Å²) >= 11 is 0. The molecule has 0 fully saturated rings. The zero-order chi connectivity index (χ0) is 13.1. The molecule has 0 saturated carbocycles. The lowest BCUT2D eigenvalue weighted by molar-refractivity contribution is 1.17. The number of fused-ring (bicyclic) bond motifs is 1. The Labute approximate surface area is 111 Å². The van der Waals surface area contributed by atoms with Crippen LogP contribution in [0.4, 0.5) is 0 Å². The number of rotatable bonds is 3. The maximum atomic E-state index is 7.05. The molecule has 2 heterocycles. The Kier molecular flexibility index (Phi) is 2.94. The molecule has 0 spiro atoms. The number of hydrogen-bond donors (Lipinski definition) is 1. The monoisotopic (exact) mass is 247 g/mol. The third-order valence-corrected chi connectivity index (χ3v) is 3.00. The smallest absolute Gasteiger partial charge is 0.137 e. The number of pyridine rings is 1. The van der Waals surface area contributed by atoms with Crippen LogP contribution in [0.1, 0.15) is 5.69 Å². The van der Waals surface area contributed by atoms with Gasteiger partial charge in [-0.05, 0) is 35.4 Å². The number of benzene rings is 1. The summed E-state index contributed by atoms with van der Waals surface area (Å²) in [5, 5.41) is 7.05. The number of nitrogens with zero attached hydrogens (tertiary/aromatic N) is 2. The minimum atomic E-state index is 0.907. The van der Waals surface area contributed by atoms with Crippen molar-refractivity contribution >= 4 is 17.9 Å². The summed E-state index contributed by atoms with van der Waals surface area (Å²) in [5.74, 6) is 0. The van der Waals surface area contributed by atoms with Gasteiger partial charge in [0, 0.05) is 12.4 Å². The van der Waals surface area contributed by atoms with E-state index in [2.05, 4.69) is 29.4 Å². The maximum Gasteiger partial charge on any atom is 0.137 e. The average Bonchev–Trinajstić information content (AvgIpc) is 2.88. The number of nitrogens with one attached hydrogen (secondary N) is 1. The predicted molar refractivity (Wildman–Crippen MR) is 78.4 cm³/mol. The minimum Gasteiger partial charge on any atom is -0.309 e. The first-order valence-electron chi connectivity index (χ1n) is 6.08. The summed E-state index contributed by atoms with van der Waals surface area (Å²) < 4.78 is 2.03. The lowest BCUT2D eigenvalue weighted by Gasteiger charge is -2.03. The first-order chi connectivity index (χ1) is 9.38. The van der Waals surface area contributed by atoms with Crippen LogP contribution in [0.15, 0.2) is 60.9 Å². The molecule has 0 aliphatic carbocycles. The number of hydrogen-bond acceptors (Lipinski definition) is 2. The highest BCUT2D eigenvalue weighted by Crippen LogP contribution is 2.20. The molecule has 92 valence electrons. The van der Waals surface area contributed by atoms with Gasteiger partial charge in [-0.3, -0.25) is 4.40 Å². The van der Waals surface area contributed by atoms with Gasteiger partial charge < -0.3 is 5.41 Å². The van der Waals surface area contributed by atoms with Crippen LogP contribution in [0.5, 0.6) is 0 Å². The molecular formula is C16H13N3. The Bertz CT molecular complexity index is 739. The summed E-state index contributed by atoms with van der Waals surface area (Å²) in [6.07, 6.45) is 8.71. The molecule has 2 aromatic heterocycles. The lowest BCUT2D eigenvalue weighted by Crippen LogP contribution is -1.89. The Morgan fingerprint density at radius 3 is 2.63 bits per heavy atom. The Morgan fingerprint density at radius 2 is 1.84 bits per heavy atom. The van der Waals surface area contributed by atoms with E-state index in [1.54, 1.807) is 6.08 Å². The van der Waals surface area contributed by atoms with Crippen molar-refractivity contribution in [2.45, 2.75) is 0 Å². The molecular weight excluding hydrogens is 234 g/mol. The standard InChI is InChI=1S/C16H13N3/c17-10-4-7-15-11-18-16-9-8-14(12-19(15)16)13-5-2-1-3-6-13/h1-12,17H/b7-4+,17-10?. The van der Waals surface area contributed by atoms with Gasteiger partial charge in [0.05, 0.1) is 11.9 Å². The fraction of sp³-hybridized carbons (Fsp3) is 0. The Hall–Kier alpha value is -2.68. The van der Waals surface area contributed by atoms with Gasteiger partial charge in [0.15, 0.2) is 0 Å². The molecule has 19 heavy (non-hydrogen) atoms. The van der Waals surface area contributed by atoms with Crippen LogP contribution >= 0.6 is 0 Å². The molecule has 3 aromatic rings. The maximum absolute atomic E-state index is 7.05. The van der Waals surface area contributed by atoms with Crippen molar-refractivity contribution < 1.29 is 0 Å². The molecule has 1 aromatic carbocycles. The minimum absolute atomic E-state index is 0.907. The van der Waals surface area contributed by atoms with Gasteiger partial charge in [-0.25, -0.2) is 4.98 Å². The summed E-state index contributed by atoms with van der Waals surface area (Å²) in [7, 11) is 0. The van der Waals surface area contributed by atoms with Crippen molar-refractivity contribution in [3.05, 3.63) is 66.6 Å². The molecule has 0 radical (unpaired) electrons. The third kappa shape index (κ3) is 2.18. The van der Waals surface area contributed by atoms with Crippen molar-refractivity contribution in [1.82, 2.24) is 9.38 Å². The Balaban J connectivity index is 2.14. The highest BCUT2D eigenvalue weighted by atomic mass is 15.0. The van der Waals surface area contributed by atoms with Crippen molar-refractivity contribution in [2.24, 2.45) is 0 Å². The van der Waals surface area contributed by atoms with Gasteiger partial charge in [0.1, 0.15) is 5.65 Å². The first-order valence-corrected chi connectivity index (χ1v) is 6.08. The quantitative estimate of drug-likeness (QED) is 0.705. The van der Waals surface area contributed by atoms with E-state index in [1.807, 2.05) is 40.9 Å². The zero-order valence-corrected chi connectivity index (χ0v) is 10.3. The van der Waals surface area contributed by atoms with Crippen molar-refractivity contribution in [1.29, 1.82) is 5.41 Å². The van der Waals surface area contributed by atoms with Gasteiger partial charge in [0.25, 0.3) is 0 Å². The fourth-order valence-corrected chi connectivity index (χ4v) is 2.07. The first kappa shape index (κ1) is 11.4. The number of allylic oxidation sites excluding steroid dienone is 1. The summed E-state index contributed by atoms with van der Waals surface area (Å²) in [6.45, 7) is 0. The van der Waals surface area contributed by atoms with Gasteiger partial charge in [-0.2, -0.15) is 0 Å². The van der Waals surface area contributed by atoms with E-state index in [9.17, 15) is 0 Å². The van der Waals surface area contributed by atoms with Gasteiger partial charge in [-0.1, -0.05) is 30.3 Å². The molecule has 0 atom stereocenters. The Morgan fingerprint density at radius 1 is 1.00 bits per heavy atom. The van der Waals surface area contributed by atoms with E-state index >= 15 is 0 Å². The highest BCUT2D eigenvalue weighted by molar-refractivity contribution is 5.76. The number of aromatic nitrogens is 2. The molecule has 1 N–H and O–H groups in total. The molecule has 0 bridgehead atoms. The van der Waals surface area contributed by atoms with Gasteiger partial charge >= 0.3 is 0 Å². The van der Waals surface area contributed by atoms with Gasteiger partial charge in [-0.15, -0.1) is 0 Å². The van der Waals surface area contributed by atoms with E-state index < -0.39 is 0 Å². The van der Waals surface area contributed by atoms with Crippen LogP contribution in [0.3, 0.4) is 0 Å². The van der Waals surface area contributed by atoms with Crippen molar-refractivity contribution in [3.8, 4) is 11.1 Å². The van der Waals surface area contributed by atoms with Crippen LogP contribution in [0.25, 0.3) is 22.9 Å². The van der Waals surface area contributed by atoms with Crippen molar-refractivity contribution in [3.63, 3.8) is 0 Å². The molecule has 0 unspecified atom stereocenters. The third-order valence-electron chi connectivity index (χ3n) is 3.00. The predicted octanol–water partition coefficient (Wildman–Crippen LogP) is 3.66. The molecule has 0 saturated heterocycles. The second kappa shape index (κ2) is 4.90. The second-order valence-corrected chi connectivity index (χ2v) is 4.22. The highest BCUT2D eigenvalue weighted by Gasteiger charge is 2.02. The van der Waals surface area contributed by atoms with Crippen LogP contribution in [-0.4, -0.2) is 15.6 Å². The number of imidazole rings is 1. The molecule has 3 heteroatoms. The van der Waals surface area contributed by atoms with Gasteiger partial charge in [0.2, 0.25) is 0 Å². The van der Waals surface area contributed by atoms with Crippen LogP contribution < -0.4 is 0 Å². The molecule has 3 rings (SSSR count). The van der Waals surface area contributed by atoms with E-state index in [1.165, 1.54) is 11.8 Å².